The molecule has 0 saturated heterocycles. The van der Waals surface area contributed by atoms with Crippen LogP contribution in [0.4, 0.5) is 5.69 Å². The molecule has 1 fully saturated rings. The van der Waals surface area contributed by atoms with Crippen LogP contribution in [0.5, 0.6) is 0 Å². The van der Waals surface area contributed by atoms with Gasteiger partial charge in [0.2, 0.25) is 5.91 Å². The molecule has 0 spiro atoms. The number of amides is 1. The van der Waals surface area contributed by atoms with Crippen LogP contribution in [-0.2, 0) is 9.53 Å². The minimum atomic E-state index is -0.415. The van der Waals surface area contributed by atoms with Crippen LogP contribution < -0.4 is 5.32 Å². The highest BCUT2D eigenvalue weighted by Crippen LogP contribution is 2.28. The number of esters is 1. The zero-order valence-corrected chi connectivity index (χ0v) is 13.5. The molecule has 1 aromatic heterocycles. The van der Waals surface area contributed by atoms with Crippen LogP contribution in [0, 0.1) is 5.92 Å². The standard InChI is InChI=1S/C15H22N2O3S/c1-10(2)8-17(11-4-5-11)9-13(18)16-12-6-7-21-14(12)15(19)20-3/h6-7,10-11H,4-5,8-9H2,1-3H3,(H,16,18). The molecular weight excluding hydrogens is 288 g/mol. The Hall–Kier alpha value is -1.40. The molecule has 1 aromatic rings. The minimum absolute atomic E-state index is 0.0777. The lowest BCUT2D eigenvalue weighted by molar-refractivity contribution is -0.117. The number of carbonyl (C=O) groups is 2. The lowest BCUT2D eigenvalue weighted by Gasteiger charge is -2.23. The molecular formula is C15H22N2O3S. The van der Waals surface area contributed by atoms with Crippen molar-refractivity contribution < 1.29 is 14.3 Å². The first kappa shape index (κ1) is 16.0. The Bertz CT molecular complexity index is 509. The van der Waals surface area contributed by atoms with Crippen LogP contribution in [0.25, 0.3) is 0 Å². The van der Waals surface area contributed by atoms with Gasteiger partial charge in [-0.05, 0) is 30.2 Å². The fourth-order valence-corrected chi connectivity index (χ4v) is 3.05. The van der Waals surface area contributed by atoms with E-state index in [0.717, 1.165) is 6.54 Å². The van der Waals surface area contributed by atoms with Gasteiger partial charge in [0.15, 0.2) is 0 Å². The third-order valence-electron chi connectivity index (χ3n) is 3.32. The van der Waals surface area contributed by atoms with E-state index in [1.165, 1.54) is 31.3 Å². The van der Waals surface area contributed by atoms with Crippen LogP contribution in [-0.4, -0.2) is 43.0 Å². The molecule has 1 heterocycles. The quantitative estimate of drug-likeness (QED) is 0.787. The lowest BCUT2D eigenvalue weighted by Crippen LogP contribution is -2.37. The van der Waals surface area contributed by atoms with Crippen molar-refractivity contribution in [3.8, 4) is 0 Å². The first-order valence-corrected chi connectivity index (χ1v) is 8.09. The number of methoxy groups -OCH3 is 1. The highest BCUT2D eigenvalue weighted by atomic mass is 32.1. The zero-order chi connectivity index (χ0) is 15.4. The topological polar surface area (TPSA) is 58.6 Å². The van der Waals surface area contributed by atoms with E-state index in [1.807, 2.05) is 0 Å². The van der Waals surface area contributed by atoms with Gasteiger partial charge in [-0.2, -0.15) is 0 Å². The predicted molar refractivity (Wildman–Crippen MR) is 83.7 cm³/mol. The van der Waals surface area contributed by atoms with Gasteiger partial charge in [0, 0.05) is 12.6 Å². The van der Waals surface area contributed by atoms with Gasteiger partial charge >= 0.3 is 5.97 Å². The Morgan fingerprint density at radius 1 is 1.48 bits per heavy atom. The summed E-state index contributed by atoms with van der Waals surface area (Å²) in [6, 6.07) is 2.28. The summed E-state index contributed by atoms with van der Waals surface area (Å²) in [5.41, 5.74) is 0.539. The van der Waals surface area contributed by atoms with Crippen LogP contribution in [0.3, 0.4) is 0 Å². The van der Waals surface area contributed by atoms with Gasteiger partial charge in [0.25, 0.3) is 0 Å². The molecule has 0 aliphatic heterocycles. The monoisotopic (exact) mass is 310 g/mol. The zero-order valence-electron chi connectivity index (χ0n) is 12.7. The number of thiophene rings is 1. The smallest absolute Gasteiger partial charge is 0.350 e. The van der Waals surface area contributed by atoms with Crippen molar-refractivity contribution in [3.05, 3.63) is 16.3 Å². The fraction of sp³-hybridized carbons (Fsp3) is 0.600. The maximum Gasteiger partial charge on any atom is 0.350 e. The first-order chi connectivity index (χ1) is 10.0. The summed E-state index contributed by atoms with van der Waals surface area (Å²) in [5.74, 6) is 0.0396. The summed E-state index contributed by atoms with van der Waals surface area (Å²) < 4.78 is 4.71. The van der Waals surface area contributed by atoms with E-state index in [4.69, 9.17) is 4.74 Å². The van der Waals surface area contributed by atoms with Gasteiger partial charge in [0.05, 0.1) is 19.3 Å². The molecule has 116 valence electrons. The van der Waals surface area contributed by atoms with Crippen molar-refractivity contribution in [3.63, 3.8) is 0 Å². The van der Waals surface area contributed by atoms with Crippen molar-refractivity contribution in [1.29, 1.82) is 0 Å². The molecule has 0 atom stereocenters. The van der Waals surface area contributed by atoms with E-state index < -0.39 is 5.97 Å². The average molecular weight is 310 g/mol. The van der Waals surface area contributed by atoms with E-state index in [9.17, 15) is 9.59 Å². The first-order valence-electron chi connectivity index (χ1n) is 7.21. The molecule has 0 unspecified atom stereocenters. The Morgan fingerprint density at radius 3 is 2.76 bits per heavy atom. The summed E-state index contributed by atoms with van der Waals surface area (Å²) in [5, 5.41) is 4.59. The van der Waals surface area contributed by atoms with Gasteiger partial charge in [-0.25, -0.2) is 4.79 Å². The minimum Gasteiger partial charge on any atom is -0.465 e. The van der Waals surface area contributed by atoms with Gasteiger partial charge in [-0.1, -0.05) is 13.8 Å². The molecule has 0 bridgehead atoms. The van der Waals surface area contributed by atoms with E-state index in [1.54, 1.807) is 11.4 Å². The van der Waals surface area contributed by atoms with Gasteiger partial charge < -0.3 is 10.1 Å². The normalized spacial score (nSPS) is 14.5. The molecule has 6 heteroatoms. The molecule has 0 aromatic carbocycles. The second kappa shape index (κ2) is 7.04. The van der Waals surface area contributed by atoms with E-state index in [2.05, 4.69) is 24.1 Å². The fourth-order valence-electron chi connectivity index (χ4n) is 2.28. The maximum atomic E-state index is 12.2. The Balaban J connectivity index is 1.94. The van der Waals surface area contributed by atoms with Gasteiger partial charge in [-0.15, -0.1) is 11.3 Å². The summed E-state index contributed by atoms with van der Waals surface area (Å²) in [6.07, 6.45) is 2.34. The van der Waals surface area contributed by atoms with E-state index >= 15 is 0 Å². The summed E-state index contributed by atoms with van der Waals surface area (Å²) in [6.45, 7) is 5.61. The molecule has 1 N–H and O–H groups in total. The predicted octanol–water partition coefficient (Wildman–Crippen LogP) is 2.59. The second-order valence-electron chi connectivity index (χ2n) is 5.76. The molecule has 1 saturated carbocycles. The SMILES string of the molecule is COC(=O)c1sccc1NC(=O)CN(CC(C)C)C1CC1. The number of hydrogen-bond acceptors (Lipinski definition) is 5. The Morgan fingerprint density at radius 2 is 2.19 bits per heavy atom. The molecule has 1 aliphatic carbocycles. The van der Waals surface area contributed by atoms with E-state index in [-0.39, 0.29) is 5.91 Å². The molecule has 1 aliphatic rings. The molecule has 5 nitrogen and oxygen atoms in total. The van der Waals surface area contributed by atoms with E-state index in [0.29, 0.717) is 29.1 Å². The second-order valence-corrected chi connectivity index (χ2v) is 6.67. The number of ether oxygens (including phenoxy) is 1. The summed E-state index contributed by atoms with van der Waals surface area (Å²) in [4.78, 5) is 26.5. The van der Waals surface area contributed by atoms with Gasteiger partial charge in [-0.3, -0.25) is 9.69 Å². The van der Waals surface area contributed by atoms with Crippen molar-refractivity contribution in [2.24, 2.45) is 5.92 Å². The number of anilines is 1. The summed E-state index contributed by atoms with van der Waals surface area (Å²) >= 11 is 1.27. The van der Waals surface area contributed by atoms with Crippen LogP contribution in [0.15, 0.2) is 11.4 Å². The molecule has 21 heavy (non-hydrogen) atoms. The average Bonchev–Trinajstić information content (AvgIpc) is 3.17. The molecule has 1 amide bonds. The third kappa shape index (κ3) is 4.54. The van der Waals surface area contributed by atoms with Crippen molar-refractivity contribution >= 4 is 28.9 Å². The summed E-state index contributed by atoms with van der Waals surface area (Å²) in [7, 11) is 1.34. The molecule has 2 rings (SSSR count). The van der Waals surface area contributed by atoms with Crippen molar-refractivity contribution in [2.45, 2.75) is 32.7 Å². The number of nitrogens with zero attached hydrogens (tertiary/aromatic N) is 1. The van der Waals surface area contributed by atoms with Gasteiger partial charge in [0.1, 0.15) is 4.88 Å². The number of rotatable bonds is 7. The van der Waals surface area contributed by atoms with Crippen LogP contribution >= 0.6 is 11.3 Å². The number of nitrogens with one attached hydrogen (secondary N) is 1. The number of hydrogen-bond donors (Lipinski definition) is 1. The lowest BCUT2D eigenvalue weighted by atomic mass is 10.2. The largest absolute Gasteiger partial charge is 0.465 e. The highest BCUT2D eigenvalue weighted by Gasteiger charge is 2.30. The number of carbonyl (C=O) groups excluding carboxylic acids is 2. The van der Waals surface area contributed by atoms with Crippen molar-refractivity contribution in [1.82, 2.24) is 4.90 Å². The van der Waals surface area contributed by atoms with Crippen molar-refractivity contribution in [2.75, 3.05) is 25.5 Å². The Labute approximate surface area is 129 Å². The maximum absolute atomic E-state index is 12.2. The van der Waals surface area contributed by atoms with Crippen LogP contribution in [0.1, 0.15) is 36.4 Å². The third-order valence-corrected chi connectivity index (χ3v) is 4.21. The van der Waals surface area contributed by atoms with Crippen LogP contribution in [0.2, 0.25) is 0 Å². The molecule has 0 radical (unpaired) electrons. The Kier molecular flexibility index (Phi) is 5.36. The highest BCUT2D eigenvalue weighted by molar-refractivity contribution is 7.12.